The summed E-state index contributed by atoms with van der Waals surface area (Å²) in [6.45, 7) is 4.60. The molecule has 0 radical (unpaired) electrons. The van der Waals surface area contributed by atoms with Gasteiger partial charge in [0.25, 0.3) is 0 Å². The normalized spacial score (nSPS) is 28.2. The average molecular weight is 333 g/mol. The van der Waals surface area contributed by atoms with Gasteiger partial charge in [-0.3, -0.25) is 0 Å². The van der Waals surface area contributed by atoms with E-state index in [2.05, 4.69) is 29.1 Å². The molecule has 0 saturated carbocycles. The van der Waals surface area contributed by atoms with Gasteiger partial charge in [-0.15, -0.1) is 12.4 Å². The van der Waals surface area contributed by atoms with Gasteiger partial charge in [-0.1, -0.05) is 11.1 Å². The van der Waals surface area contributed by atoms with E-state index in [4.69, 9.17) is 4.98 Å². The van der Waals surface area contributed by atoms with Crippen LogP contribution >= 0.6 is 12.4 Å². The first-order chi connectivity index (χ1) is 10.7. The van der Waals surface area contributed by atoms with E-state index >= 15 is 0 Å². The van der Waals surface area contributed by atoms with Crippen LogP contribution in [0.15, 0.2) is 29.6 Å². The Hall–Kier alpha value is -1.39. The molecule has 4 nitrogen and oxygen atoms in total. The fourth-order valence-electron chi connectivity index (χ4n) is 4.18. The molecule has 0 bridgehead atoms. The third kappa shape index (κ3) is 3.15. The Morgan fingerprint density at radius 3 is 2.87 bits per heavy atom. The molecular formula is C18H25ClN4. The second-order valence-corrected chi connectivity index (χ2v) is 6.95. The Morgan fingerprint density at radius 2 is 2.09 bits per heavy atom. The van der Waals surface area contributed by atoms with E-state index in [1.165, 1.54) is 19.3 Å². The minimum atomic E-state index is 0. The van der Waals surface area contributed by atoms with Crippen LogP contribution in [0.1, 0.15) is 57.7 Å². The van der Waals surface area contributed by atoms with Crippen LogP contribution in [-0.4, -0.2) is 27.0 Å². The van der Waals surface area contributed by atoms with Crippen molar-refractivity contribution in [1.82, 2.24) is 20.3 Å². The van der Waals surface area contributed by atoms with E-state index in [1.54, 1.807) is 11.1 Å². The van der Waals surface area contributed by atoms with Crippen LogP contribution in [0.25, 0.3) is 11.0 Å². The van der Waals surface area contributed by atoms with Crippen molar-refractivity contribution in [2.75, 3.05) is 0 Å². The van der Waals surface area contributed by atoms with Gasteiger partial charge in [-0.05, 0) is 52.0 Å². The van der Waals surface area contributed by atoms with Crippen molar-refractivity contribution in [3.8, 4) is 0 Å². The monoisotopic (exact) mass is 332 g/mol. The summed E-state index contributed by atoms with van der Waals surface area (Å²) in [5, 5.41) is 3.80. The summed E-state index contributed by atoms with van der Waals surface area (Å²) in [6.07, 6.45) is 9.98. The number of fused-ring (bicyclic) bond motifs is 1. The molecule has 2 N–H and O–H groups in total. The summed E-state index contributed by atoms with van der Waals surface area (Å²) < 4.78 is 0. The number of hydrogen-bond acceptors (Lipinski definition) is 3. The molecule has 2 aliphatic rings. The molecule has 0 amide bonds. The summed E-state index contributed by atoms with van der Waals surface area (Å²) in [7, 11) is 0. The zero-order chi connectivity index (χ0) is 15.1. The summed E-state index contributed by atoms with van der Waals surface area (Å²) in [6, 6.07) is 3.07. The largest absolute Gasteiger partial charge is 0.359 e. The molecule has 0 spiro atoms. The van der Waals surface area contributed by atoms with Crippen LogP contribution in [0.5, 0.6) is 0 Å². The number of aromatic amines is 1. The number of nitrogens with zero attached hydrogens (tertiary/aromatic N) is 2. The van der Waals surface area contributed by atoms with Crippen LogP contribution in [0.3, 0.4) is 0 Å². The fraction of sp³-hybridized carbons (Fsp3) is 0.556. The first-order valence-electron chi connectivity index (χ1n) is 8.45. The number of halogens is 1. The van der Waals surface area contributed by atoms with Crippen LogP contribution < -0.4 is 5.32 Å². The maximum Gasteiger partial charge on any atom is 0.132 e. The Labute approximate surface area is 143 Å². The molecule has 23 heavy (non-hydrogen) atoms. The minimum absolute atomic E-state index is 0. The van der Waals surface area contributed by atoms with Crippen molar-refractivity contribution >= 4 is 23.4 Å². The highest BCUT2D eigenvalue weighted by Crippen LogP contribution is 2.36. The van der Waals surface area contributed by atoms with E-state index in [0.29, 0.717) is 18.0 Å². The summed E-state index contributed by atoms with van der Waals surface area (Å²) in [5.74, 6) is 1.48. The number of aromatic nitrogens is 3. The number of allylic oxidation sites excluding steroid dienone is 1. The van der Waals surface area contributed by atoms with Crippen molar-refractivity contribution in [3.05, 3.63) is 35.4 Å². The molecule has 2 aromatic rings. The van der Waals surface area contributed by atoms with Gasteiger partial charge < -0.3 is 10.3 Å². The van der Waals surface area contributed by atoms with Crippen molar-refractivity contribution < 1.29 is 0 Å². The zero-order valence-electron chi connectivity index (χ0n) is 13.8. The van der Waals surface area contributed by atoms with Gasteiger partial charge in [-0.2, -0.15) is 0 Å². The zero-order valence-corrected chi connectivity index (χ0v) is 14.6. The molecule has 5 heteroatoms. The maximum atomic E-state index is 4.79. The Morgan fingerprint density at radius 1 is 1.22 bits per heavy atom. The molecule has 0 aromatic carbocycles. The summed E-state index contributed by atoms with van der Waals surface area (Å²) in [4.78, 5) is 12.6. The minimum Gasteiger partial charge on any atom is -0.359 e. The van der Waals surface area contributed by atoms with Crippen molar-refractivity contribution in [1.29, 1.82) is 0 Å². The standard InChI is InChI=1S/C18H24N4.ClH/c1-11-4-3-5-14(11)16-9-13(8-12(2)21-16)18-20-10-17-15(22-18)6-7-19-17;/h6-7,10,12-13,16,19,21H,3-5,8-9H2,1-2H3;1H. The molecule has 3 heterocycles. The first kappa shape index (κ1) is 16.5. The van der Waals surface area contributed by atoms with Gasteiger partial charge in [0.05, 0.1) is 17.2 Å². The molecule has 4 rings (SSSR count). The highest BCUT2D eigenvalue weighted by molar-refractivity contribution is 5.85. The molecule has 124 valence electrons. The van der Waals surface area contributed by atoms with E-state index in [9.17, 15) is 0 Å². The quantitative estimate of drug-likeness (QED) is 0.814. The summed E-state index contributed by atoms with van der Waals surface area (Å²) >= 11 is 0. The number of hydrogen-bond donors (Lipinski definition) is 2. The number of nitrogens with one attached hydrogen (secondary N) is 2. The first-order valence-corrected chi connectivity index (χ1v) is 8.45. The topological polar surface area (TPSA) is 53.6 Å². The molecular weight excluding hydrogens is 308 g/mol. The molecule has 3 atom stereocenters. The van der Waals surface area contributed by atoms with Gasteiger partial charge in [0.1, 0.15) is 5.82 Å². The van der Waals surface area contributed by atoms with Crippen LogP contribution in [0.2, 0.25) is 0 Å². The van der Waals surface area contributed by atoms with Crippen molar-refractivity contribution in [2.45, 2.75) is 64.0 Å². The van der Waals surface area contributed by atoms with Gasteiger partial charge >= 0.3 is 0 Å². The molecule has 3 unspecified atom stereocenters. The average Bonchev–Trinajstić information content (AvgIpc) is 3.14. The number of piperidine rings is 1. The Balaban J connectivity index is 0.00000156. The lowest BCUT2D eigenvalue weighted by atomic mass is 9.84. The van der Waals surface area contributed by atoms with E-state index < -0.39 is 0 Å². The van der Waals surface area contributed by atoms with Crippen LogP contribution in [0.4, 0.5) is 0 Å². The fourth-order valence-corrected chi connectivity index (χ4v) is 4.18. The summed E-state index contributed by atoms with van der Waals surface area (Å²) in [5.41, 5.74) is 5.31. The van der Waals surface area contributed by atoms with Crippen molar-refractivity contribution in [2.24, 2.45) is 0 Å². The SMILES string of the molecule is CC1=C(C2CC(c3ncc4[nH]ccc4n3)CC(C)N2)CCC1.Cl. The van der Waals surface area contributed by atoms with Gasteiger partial charge in [0, 0.05) is 24.2 Å². The van der Waals surface area contributed by atoms with E-state index in [1.807, 2.05) is 18.5 Å². The predicted octanol–water partition coefficient (Wildman–Crippen LogP) is 4.10. The molecule has 2 aromatic heterocycles. The predicted molar refractivity (Wildman–Crippen MR) is 96.0 cm³/mol. The van der Waals surface area contributed by atoms with Gasteiger partial charge in [-0.25, -0.2) is 9.97 Å². The molecule has 1 fully saturated rings. The number of H-pyrrole nitrogens is 1. The van der Waals surface area contributed by atoms with Gasteiger partial charge in [0.2, 0.25) is 0 Å². The molecule has 1 aliphatic carbocycles. The third-order valence-electron chi connectivity index (χ3n) is 5.29. The van der Waals surface area contributed by atoms with E-state index in [-0.39, 0.29) is 12.4 Å². The lowest BCUT2D eigenvalue weighted by Crippen LogP contribution is -2.44. The highest BCUT2D eigenvalue weighted by Gasteiger charge is 2.32. The lowest BCUT2D eigenvalue weighted by molar-refractivity contribution is 0.317. The van der Waals surface area contributed by atoms with E-state index in [0.717, 1.165) is 29.7 Å². The second kappa shape index (κ2) is 6.62. The number of rotatable bonds is 2. The lowest BCUT2D eigenvalue weighted by Gasteiger charge is -2.35. The van der Waals surface area contributed by atoms with Gasteiger partial charge in [0.15, 0.2) is 0 Å². The highest BCUT2D eigenvalue weighted by atomic mass is 35.5. The maximum absolute atomic E-state index is 4.79. The molecule has 1 aliphatic heterocycles. The Bertz CT molecular complexity index is 721. The Kier molecular flexibility index (Phi) is 4.74. The molecule has 1 saturated heterocycles. The van der Waals surface area contributed by atoms with Crippen LogP contribution in [-0.2, 0) is 0 Å². The third-order valence-corrected chi connectivity index (χ3v) is 5.29. The smallest absolute Gasteiger partial charge is 0.132 e. The second-order valence-electron chi connectivity index (χ2n) is 6.95. The van der Waals surface area contributed by atoms with Crippen molar-refractivity contribution in [3.63, 3.8) is 0 Å². The van der Waals surface area contributed by atoms with Crippen LogP contribution in [0, 0.1) is 0 Å².